The van der Waals surface area contributed by atoms with Gasteiger partial charge in [-0.25, -0.2) is 4.79 Å². The van der Waals surface area contributed by atoms with E-state index in [1.165, 1.54) is 6.20 Å². The van der Waals surface area contributed by atoms with Gasteiger partial charge >= 0.3 is 6.09 Å². The van der Waals surface area contributed by atoms with Crippen LogP contribution in [-0.4, -0.2) is 21.6 Å². The van der Waals surface area contributed by atoms with Crippen molar-refractivity contribution in [2.24, 2.45) is 0 Å². The van der Waals surface area contributed by atoms with Gasteiger partial charge in [-0.15, -0.1) is 0 Å². The molecule has 1 N–H and O–H groups in total. The number of nitrogens with one attached hydrogen (secondary N) is 1. The second-order valence-corrected chi connectivity index (χ2v) is 6.31. The van der Waals surface area contributed by atoms with Crippen molar-refractivity contribution in [3.05, 3.63) is 52.0 Å². The van der Waals surface area contributed by atoms with Crippen molar-refractivity contribution in [2.45, 2.75) is 33.3 Å². The molecular formula is C17H19N3O4. The number of nitro groups is 1. The Morgan fingerprint density at radius 1 is 1.33 bits per heavy atom. The van der Waals surface area contributed by atoms with Crippen LogP contribution in [0.25, 0.3) is 16.8 Å². The molecule has 0 radical (unpaired) electrons. The van der Waals surface area contributed by atoms with Gasteiger partial charge in [0.2, 0.25) is 0 Å². The molecule has 1 heterocycles. The van der Waals surface area contributed by atoms with Crippen LogP contribution in [0.3, 0.4) is 0 Å². The Bertz CT molecular complexity index is 822. The number of fused-ring (bicyclic) bond motifs is 1. The Kier molecular flexibility index (Phi) is 4.82. The first kappa shape index (κ1) is 17.4. The van der Waals surface area contributed by atoms with Crippen LogP contribution in [0, 0.1) is 10.1 Å². The van der Waals surface area contributed by atoms with Crippen LogP contribution < -0.4 is 5.32 Å². The van der Waals surface area contributed by atoms with Gasteiger partial charge in [-0.1, -0.05) is 6.07 Å². The highest BCUT2D eigenvalue weighted by atomic mass is 16.6. The first-order valence-electron chi connectivity index (χ1n) is 7.37. The number of ether oxygens (including phenoxy) is 1. The van der Waals surface area contributed by atoms with Crippen molar-refractivity contribution in [2.75, 3.05) is 0 Å². The van der Waals surface area contributed by atoms with E-state index in [9.17, 15) is 14.9 Å². The van der Waals surface area contributed by atoms with Gasteiger partial charge < -0.3 is 4.74 Å². The van der Waals surface area contributed by atoms with Gasteiger partial charge in [-0.2, -0.15) is 0 Å². The van der Waals surface area contributed by atoms with Crippen LogP contribution in [0.1, 0.15) is 33.3 Å². The summed E-state index contributed by atoms with van der Waals surface area (Å²) in [6.07, 6.45) is 4.02. The zero-order valence-electron chi connectivity index (χ0n) is 14.0. The fourth-order valence-electron chi connectivity index (χ4n) is 2.22. The van der Waals surface area contributed by atoms with E-state index in [1.54, 1.807) is 58.2 Å². The summed E-state index contributed by atoms with van der Waals surface area (Å²) in [6, 6.07) is 4.98. The predicted octanol–water partition coefficient (Wildman–Crippen LogP) is 4.03. The minimum Gasteiger partial charge on any atom is -0.444 e. The molecular weight excluding hydrogens is 310 g/mol. The summed E-state index contributed by atoms with van der Waals surface area (Å²) < 4.78 is 5.16. The molecule has 0 atom stereocenters. The number of benzene rings is 1. The summed E-state index contributed by atoms with van der Waals surface area (Å²) >= 11 is 0. The number of aromatic nitrogens is 1. The average Bonchev–Trinajstić information content (AvgIpc) is 2.44. The van der Waals surface area contributed by atoms with E-state index in [-0.39, 0.29) is 5.69 Å². The zero-order valence-corrected chi connectivity index (χ0v) is 14.0. The molecule has 0 aliphatic rings. The summed E-state index contributed by atoms with van der Waals surface area (Å²) in [5.74, 6) is 0. The zero-order chi connectivity index (χ0) is 17.9. The lowest BCUT2D eigenvalue weighted by Gasteiger charge is -2.19. The van der Waals surface area contributed by atoms with Gasteiger partial charge in [0, 0.05) is 23.5 Å². The fourth-order valence-corrected chi connectivity index (χ4v) is 2.22. The molecule has 0 aliphatic heterocycles. The maximum absolute atomic E-state index is 11.8. The molecule has 0 unspecified atom stereocenters. The van der Waals surface area contributed by atoms with Crippen LogP contribution >= 0.6 is 0 Å². The minimum absolute atomic E-state index is 0.0276. The maximum Gasteiger partial charge on any atom is 0.411 e. The average molecular weight is 329 g/mol. The van der Waals surface area contributed by atoms with E-state index in [0.29, 0.717) is 22.0 Å². The van der Waals surface area contributed by atoms with Gasteiger partial charge in [0.05, 0.1) is 15.9 Å². The van der Waals surface area contributed by atoms with Gasteiger partial charge in [0.15, 0.2) is 0 Å². The standard InChI is InChI=1S/C17H19N3O4/c1-11(19-16(21)24-17(2,3)4)9-12-5-6-13-10-18-8-7-14(13)15(12)20(22)23/h5-10H,1-4H3,(H,19,21)/b11-9+. The number of nitrogens with zero attached hydrogens (tertiary/aromatic N) is 2. The summed E-state index contributed by atoms with van der Waals surface area (Å²) in [5.41, 5.74) is 0.194. The molecule has 2 rings (SSSR count). The molecule has 7 nitrogen and oxygen atoms in total. The monoisotopic (exact) mass is 329 g/mol. The number of nitro benzene ring substituents is 1. The molecule has 1 amide bonds. The lowest BCUT2D eigenvalue weighted by Crippen LogP contribution is -2.31. The third-order valence-electron chi connectivity index (χ3n) is 3.08. The molecule has 1 aromatic heterocycles. The van der Waals surface area contributed by atoms with E-state index in [2.05, 4.69) is 10.3 Å². The molecule has 0 spiro atoms. The summed E-state index contributed by atoms with van der Waals surface area (Å²) in [6.45, 7) is 6.92. The van der Waals surface area contributed by atoms with Crippen LogP contribution in [-0.2, 0) is 4.74 Å². The molecule has 0 fully saturated rings. The van der Waals surface area contributed by atoms with Gasteiger partial charge in [0.1, 0.15) is 5.60 Å². The number of alkyl carbamates (subject to hydrolysis) is 1. The van der Waals surface area contributed by atoms with Crippen LogP contribution in [0.4, 0.5) is 10.5 Å². The highest BCUT2D eigenvalue weighted by molar-refractivity contribution is 5.94. The van der Waals surface area contributed by atoms with Crippen LogP contribution in [0.2, 0.25) is 0 Å². The molecule has 126 valence electrons. The van der Waals surface area contributed by atoms with E-state index >= 15 is 0 Å². The summed E-state index contributed by atoms with van der Waals surface area (Å²) in [7, 11) is 0. The lowest BCUT2D eigenvalue weighted by atomic mass is 10.1. The normalized spacial score (nSPS) is 12.1. The van der Waals surface area contributed by atoms with Crippen molar-refractivity contribution in [1.29, 1.82) is 0 Å². The Hall–Kier alpha value is -2.96. The van der Waals surface area contributed by atoms with Gasteiger partial charge in [0.25, 0.3) is 5.69 Å². The van der Waals surface area contributed by atoms with Gasteiger partial charge in [-0.3, -0.25) is 20.4 Å². The Labute approximate surface area is 139 Å². The fraction of sp³-hybridized carbons (Fsp3) is 0.294. The lowest BCUT2D eigenvalue weighted by molar-refractivity contribution is -0.383. The van der Waals surface area contributed by atoms with E-state index in [0.717, 1.165) is 0 Å². The van der Waals surface area contributed by atoms with Crippen molar-refractivity contribution in [3.8, 4) is 0 Å². The Morgan fingerprint density at radius 3 is 2.67 bits per heavy atom. The third kappa shape index (κ3) is 4.28. The summed E-state index contributed by atoms with van der Waals surface area (Å²) in [5, 5.41) is 15.2. The molecule has 0 saturated carbocycles. The smallest absolute Gasteiger partial charge is 0.411 e. The van der Waals surface area contributed by atoms with Gasteiger partial charge in [-0.05, 0) is 45.9 Å². The molecule has 24 heavy (non-hydrogen) atoms. The third-order valence-corrected chi connectivity index (χ3v) is 3.08. The Morgan fingerprint density at radius 2 is 2.04 bits per heavy atom. The van der Waals surface area contributed by atoms with Crippen molar-refractivity contribution in [3.63, 3.8) is 0 Å². The molecule has 0 saturated heterocycles. The number of hydrogen-bond donors (Lipinski definition) is 1. The van der Waals surface area contributed by atoms with Crippen molar-refractivity contribution < 1.29 is 14.5 Å². The number of rotatable bonds is 3. The largest absolute Gasteiger partial charge is 0.444 e. The molecule has 2 aromatic rings. The van der Waals surface area contributed by atoms with Crippen molar-refractivity contribution >= 4 is 28.6 Å². The number of carbonyl (C=O) groups is 1. The molecule has 0 aliphatic carbocycles. The first-order chi connectivity index (χ1) is 11.2. The van der Waals surface area contributed by atoms with Crippen LogP contribution in [0.5, 0.6) is 0 Å². The topological polar surface area (TPSA) is 94.4 Å². The Balaban J connectivity index is 2.36. The first-order valence-corrected chi connectivity index (χ1v) is 7.37. The minimum atomic E-state index is -0.619. The number of pyridine rings is 1. The van der Waals surface area contributed by atoms with Crippen molar-refractivity contribution in [1.82, 2.24) is 10.3 Å². The highest BCUT2D eigenvalue weighted by Crippen LogP contribution is 2.30. The van der Waals surface area contributed by atoms with Crippen LogP contribution in [0.15, 0.2) is 36.3 Å². The highest BCUT2D eigenvalue weighted by Gasteiger charge is 2.19. The quantitative estimate of drug-likeness (QED) is 0.677. The second kappa shape index (κ2) is 6.66. The maximum atomic E-state index is 11.8. The molecule has 1 aromatic carbocycles. The number of carbonyl (C=O) groups excluding carboxylic acids is 1. The number of allylic oxidation sites excluding steroid dienone is 1. The summed E-state index contributed by atoms with van der Waals surface area (Å²) in [4.78, 5) is 26.8. The number of hydrogen-bond acceptors (Lipinski definition) is 5. The second-order valence-electron chi connectivity index (χ2n) is 6.31. The van der Waals surface area contributed by atoms with E-state index in [1.807, 2.05) is 0 Å². The molecule has 7 heteroatoms. The predicted molar refractivity (Wildman–Crippen MR) is 91.4 cm³/mol. The number of amides is 1. The van der Waals surface area contributed by atoms with E-state index < -0.39 is 16.6 Å². The molecule has 0 bridgehead atoms. The SMILES string of the molecule is C/C(=C\c1ccc2cnccc2c1[N+](=O)[O-])NC(=O)OC(C)(C)C. The van der Waals surface area contributed by atoms with E-state index in [4.69, 9.17) is 4.74 Å².